The summed E-state index contributed by atoms with van der Waals surface area (Å²) in [5.41, 5.74) is 1.15. The molecule has 1 heterocycles. The molecule has 0 aliphatic heterocycles. The van der Waals surface area contributed by atoms with Crippen LogP contribution in [0.5, 0.6) is 0 Å². The number of aromatic nitrogens is 1. The van der Waals surface area contributed by atoms with Crippen LogP contribution in [0, 0.1) is 5.92 Å². The van der Waals surface area contributed by atoms with E-state index in [9.17, 15) is 4.79 Å². The maximum atomic E-state index is 11.7. The summed E-state index contributed by atoms with van der Waals surface area (Å²) in [7, 11) is 1.87. The van der Waals surface area contributed by atoms with Gasteiger partial charge >= 0.3 is 0 Å². The Hall–Kier alpha value is -1.29. The lowest BCUT2D eigenvalue weighted by Gasteiger charge is -2.14. The zero-order valence-electron chi connectivity index (χ0n) is 10.0. The van der Waals surface area contributed by atoms with Crippen molar-refractivity contribution in [2.24, 2.45) is 5.92 Å². The van der Waals surface area contributed by atoms with Gasteiger partial charge in [0.1, 0.15) is 0 Å². The van der Waals surface area contributed by atoms with E-state index in [1.807, 2.05) is 32.3 Å². The zero-order valence-corrected chi connectivity index (χ0v) is 10.0. The predicted octanol–water partition coefficient (Wildman–Crippen LogP) is 0.919. The summed E-state index contributed by atoms with van der Waals surface area (Å²) in [5, 5.41) is 5.99. The van der Waals surface area contributed by atoms with Crippen LogP contribution < -0.4 is 10.6 Å². The van der Waals surface area contributed by atoms with Gasteiger partial charge in [0.2, 0.25) is 5.91 Å². The summed E-state index contributed by atoms with van der Waals surface area (Å²) in [6.07, 6.45) is 3.62. The van der Waals surface area contributed by atoms with Crippen molar-refractivity contribution >= 4 is 5.91 Å². The van der Waals surface area contributed by atoms with Gasteiger partial charge in [-0.25, -0.2) is 0 Å². The Kier molecular flexibility index (Phi) is 5.64. The summed E-state index contributed by atoms with van der Waals surface area (Å²) in [6, 6.07) is 3.99. The number of rotatable bonds is 7. The van der Waals surface area contributed by atoms with E-state index in [0.29, 0.717) is 6.54 Å². The van der Waals surface area contributed by atoms with Crippen LogP contribution in [0.25, 0.3) is 0 Å². The first kappa shape index (κ1) is 12.8. The minimum absolute atomic E-state index is 0.0774. The van der Waals surface area contributed by atoms with Crippen LogP contribution in [0.1, 0.15) is 19.0 Å². The molecule has 0 bridgehead atoms. The molecule has 4 nitrogen and oxygen atoms in total. The van der Waals surface area contributed by atoms with Gasteiger partial charge in [-0.2, -0.15) is 0 Å². The van der Waals surface area contributed by atoms with Gasteiger partial charge in [0.05, 0.1) is 5.92 Å². The number of amides is 1. The van der Waals surface area contributed by atoms with Gasteiger partial charge in [-0.15, -0.1) is 0 Å². The lowest BCUT2D eigenvalue weighted by atomic mass is 10.1. The van der Waals surface area contributed by atoms with Crippen molar-refractivity contribution in [2.75, 3.05) is 20.1 Å². The number of nitrogens with one attached hydrogen (secondary N) is 3. The summed E-state index contributed by atoms with van der Waals surface area (Å²) in [6.45, 7) is 3.47. The average Bonchev–Trinajstić information content (AvgIpc) is 2.78. The number of carbonyl (C=O) groups is 1. The Labute approximate surface area is 96.8 Å². The van der Waals surface area contributed by atoms with Crippen molar-refractivity contribution < 1.29 is 4.79 Å². The highest BCUT2D eigenvalue weighted by atomic mass is 16.1. The van der Waals surface area contributed by atoms with E-state index < -0.39 is 0 Å². The fourth-order valence-corrected chi connectivity index (χ4v) is 1.66. The zero-order chi connectivity index (χ0) is 11.8. The molecule has 1 atom stereocenters. The fourth-order valence-electron chi connectivity index (χ4n) is 1.66. The molecule has 1 unspecified atom stereocenters. The van der Waals surface area contributed by atoms with E-state index in [1.165, 1.54) is 0 Å². The number of hydrogen-bond acceptors (Lipinski definition) is 2. The minimum atomic E-state index is 0.0774. The molecule has 0 fully saturated rings. The molecule has 0 aliphatic carbocycles. The third-order valence-electron chi connectivity index (χ3n) is 2.67. The van der Waals surface area contributed by atoms with Crippen LogP contribution in [0.4, 0.5) is 0 Å². The molecular weight excluding hydrogens is 202 g/mol. The molecule has 0 aliphatic rings. The van der Waals surface area contributed by atoms with Crippen LogP contribution in [0.3, 0.4) is 0 Å². The van der Waals surface area contributed by atoms with Crippen molar-refractivity contribution in [1.29, 1.82) is 0 Å². The lowest BCUT2D eigenvalue weighted by Crippen LogP contribution is -2.36. The maximum absolute atomic E-state index is 11.7. The Balaban J connectivity index is 2.23. The molecule has 0 saturated heterocycles. The van der Waals surface area contributed by atoms with Gasteiger partial charge in [0.25, 0.3) is 0 Å². The van der Waals surface area contributed by atoms with Crippen LogP contribution in [0.2, 0.25) is 0 Å². The molecule has 0 saturated carbocycles. The molecule has 1 amide bonds. The van der Waals surface area contributed by atoms with Gasteiger partial charge in [0.15, 0.2) is 0 Å². The minimum Gasteiger partial charge on any atom is -0.365 e. The summed E-state index contributed by atoms with van der Waals surface area (Å²) >= 11 is 0. The van der Waals surface area contributed by atoms with Crippen molar-refractivity contribution in [3.8, 4) is 0 Å². The molecule has 1 aromatic rings. The van der Waals surface area contributed by atoms with E-state index in [2.05, 4.69) is 15.6 Å². The number of H-pyrrole nitrogens is 1. The van der Waals surface area contributed by atoms with Crippen molar-refractivity contribution in [1.82, 2.24) is 15.6 Å². The highest BCUT2D eigenvalue weighted by Gasteiger charge is 2.14. The molecule has 4 heteroatoms. The molecule has 90 valence electrons. The summed E-state index contributed by atoms with van der Waals surface area (Å²) in [4.78, 5) is 14.8. The van der Waals surface area contributed by atoms with E-state index in [0.717, 1.165) is 25.1 Å². The first-order chi connectivity index (χ1) is 7.77. The Morgan fingerprint density at radius 3 is 2.94 bits per heavy atom. The molecule has 0 spiro atoms. The van der Waals surface area contributed by atoms with Gasteiger partial charge in [-0.3, -0.25) is 4.79 Å². The van der Waals surface area contributed by atoms with Crippen LogP contribution in [0.15, 0.2) is 18.3 Å². The second-order valence-electron chi connectivity index (χ2n) is 3.90. The molecule has 3 N–H and O–H groups in total. The predicted molar refractivity (Wildman–Crippen MR) is 65.2 cm³/mol. The lowest BCUT2D eigenvalue weighted by molar-refractivity contribution is -0.124. The topological polar surface area (TPSA) is 56.9 Å². The van der Waals surface area contributed by atoms with Crippen molar-refractivity contribution in [3.05, 3.63) is 24.0 Å². The van der Waals surface area contributed by atoms with Gasteiger partial charge in [-0.05, 0) is 25.6 Å². The van der Waals surface area contributed by atoms with E-state index >= 15 is 0 Å². The van der Waals surface area contributed by atoms with Crippen molar-refractivity contribution in [2.45, 2.75) is 19.8 Å². The smallest absolute Gasteiger partial charge is 0.224 e. The Bertz CT molecular complexity index is 295. The molecule has 1 rings (SSSR count). The van der Waals surface area contributed by atoms with Gasteiger partial charge < -0.3 is 15.6 Å². The SMILES string of the molecule is CCC(CNC)C(=O)NCCc1ccc[nH]1. The molecule has 0 aromatic carbocycles. The van der Waals surface area contributed by atoms with E-state index in [4.69, 9.17) is 0 Å². The van der Waals surface area contributed by atoms with Crippen LogP contribution >= 0.6 is 0 Å². The van der Waals surface area contributed by atoms with Crippen LogP contribution in [-0.4, -0.2) is 31.0 Å². The van der Waals surface area contributed by atoms with E-state index in [1.54, 1.807) is 0 Å². The monoisotopic (exact) mass is 223 g/mol. The fraction of sp³-hybridized carbons (Fsp3) is 0.583. The van der Waals surface area contributed by atoms with Gasteiger partial charge in [0, 0.05) is 31.4 Å². The van der Waals surface area contributed by atoms with Crippen molar-refractivity contribution in [3.63, 3.8) is 0 Å². The maximum Gasteiger partial charge on any atom is 0.224 e. The first-order valence-electron chi connectivity index (χ1n) is 5.82. The standard InChI is InChI=1S/C12H21N3O/c1-3-10(9-13-2)12(16)15-8-6-11-5-4-7-14-11/h4-5,7,10,13-14H,3,6,8-9H2,1-2H3,(H,15,16). The summed E-state index contributed by atoms with van der Waals surface area (Å²) in [5.74, 6) is 0.219. The normalized spacial score (nSPS) is 12.4. The second-order valence-corrected chi connectivity index (χ2v) is 3.90. The number of carbonyl (C=O) groups excluding carboxylic acids is 1. The average molecular weight is 223 g/mol. The second kappa shape index (κ2) is 7.06. The Morgan fingerprint density at radius 1 is 1.56 bits per heavy atom. The molecule has 16 heavy (non-hydrogen) atoms. The van der Waals surface area contributed by atoms with Crippen LogP contribution in [-0.2, 0) is 11.2 Å². The first-order valence-corrected chi connectivity index (χ1v) is 5.82. The molecular formula is C12H21N3O. The highest BCUT2D eigenvalue weighted by molar-refractivity contribution is 5.78. The molecule has 0 radical (unpaired) electrons. The highest BCUT2D eigenvalue weighted by Crippen LogP contribution is 2.01. The van der Waals surface area contributed by atoms with E-state index in [-0.39, 0.29) is 11.8 Å². The molecule has 1 aromatic heterocycles. The largest absolute Gasteiger partial charge is 0.365 e. The Morgan fingerprint density at radius 2 is 2.38 bits per heavy atom. The number of aromatic amines is 1. The quantitative estimate of drug-likeness (QED) is 0.644. The number of hydrogen-bond donors (Lipinski definition) is 3. The van der Waals surface area contributed by atoms with Gasteiger partial charge in [-0.1, -0.05) is 6.92 Å². The third kappa shape index (κ3) is 4.06. The summed E-state index contributed by atoms with van der Waals surface area (Å²) < 4.78 is 0. The third-order valence-corrected chi connectivity index (χ3v) is 2.67.